The van der Waals surface area contributed by atoms with Crippen molar-refractivity contribution in [3.8, 4) is 11.4 Å². The van der Waals surface area contributed by atoms with Gasteiger partial charge in [-0.15, -0.1) is 0 Å². The summed E-state index contributed by atoms with van der Waals surface area (Å²) in [5.74, 6) is 1.19. The van der Waals surface area contributed by atoms with Gasteiger partial charge in [0.1, 0.15) is 23.9 Å². The molecular formula is C26H30ClN5O3. The average Bonchev–Trinajstić information content (AvgIpc) is 3.33. The number of rotatable bonds is 7. The first-order valence-corrected chi connectivity index (χ1v) is 12.6. The second kappa shape index (κ2) is 10.7. The van der Waals surface area contributed by atoms with Gasteiger partial charge in [0.05, 0.1) is 10.7 Å². The number of aromatic amines is 1. The molecule has 0 radical (unpaired) electrons. The fourth-order valence-corrected chi connectivity index (χ4v) is 5.06. The highest BCUT2D eigenvalue weighted by molar-refractivity contribution is 6.30. The van der Waals surface area contributed by atoms with Crippen molar-refractivity contribution in [2.24, 2.45) is 0 Å². The van der Waals surface area contributed by atoms with Crippen molar-refractivity contribution in [3.05, 3.63) is 80.2 Å². The highest BCUT2D eigenvalue weighted by atomic mass is 35.5. The minimum Gasteiger partial charge on any atom is -0.487 e. The molecule has 0 bridgehead atoms. The molecule has 35 heavy (non-hydrogen) atoms. The van der Waals surface area contributed by atoms with Crippen LogP contribution in [-0.2, 0) is 6.61 Å². The highest BCUT2D eigenvalue weighted by Gasteiger charge is 2.26. The van der Waals surface area contributed by atoms with E-state index in [1.165, 1.54) is 42.7 Å². The number of hydrogen-bond acceptors (Lipinski definition) is 6. The quantitative estimate of drug-likeness (QED) is 0.519. The zero-order valence-electron chi connectivity index (χ0n) is 19.6. The Bertz CT molecular complexity index is 1270. The zero-order chi connectivity index (χ0) is 24.2. The molecule has 2 N–H and O–H groups in total. The fraction of sp³-hybridized carbons (Fsp3) is 0.423. The van der Waals surface area contributed by atoms with E-state index in [-0.39, 0.29) is 23.4 Å². The summed E-state index contributed by atoms with van der Waals surface area (Å²) < 4.78 is 6.99. The van der Waals surface area contributed by atoms with Gasteiger partial charge in [0.25, 0.3) is 11.1 Å². The predicted molar refractivity (Wildman–Crippen MR) is 137 cm³/mol. The molecular weight excluding hydrogens is 466 g/mol. The number of H-pyrrole nitrogens is 1. The molecule has 3 aromatic rings. The summed E-state index contributed by atoms with van der Waals surface area (Å²) in [5, 5.41) is 4.35. The lowest BCUT2D eigenvalue weighted by atomic mass is 9.95. The number of ether oxygens (including phenoxy) is 1. The van der Waals surface area contributed by atoms with Crippen molar-refractivity contribution in [1.29, 1.82) is 0 Å². The van der Waals surface area contributed by atoms with Crippen LogP contribution in [0.4, 0.5) is 5.82 Å². The van der Waals surface area contributed by atoms with E-state index in [4.69, 9.17) is 16.3 Å². The maximum absolute atomic E-state index is 12.9. The van der Waals surface area contributed by atoms with E-state index < -0.39 is 0 Å². The summed E-state index contributed by atoms with van der Waals surface area (Å²) in [6.07, 6.45) is 10.7. The van der Waals surface area contributed by atoms with Crippen LogP contribution in [0.5, 0.6) is 5.75 Å². The van der Waals surface area contributed by atoms with Crippen LogP contribution in [0.15, 0.2) is 58.4 Å². The molecule has 3 aromatic heterocycles. The first kappa shape index (κ1) is 23.6. The number of nitrogens with zero attached hydrogens (tertiary/aromatic N) is 3. The van der Waals surface area contributed by atoms with Crippen LogP contribution in [-0.4, -0.2) is 39.7 Å². The third-order valence-electron chi connectivity index (χ3n) is 6.80. The van der Waals surface area contributed by atoms with E-state index in [9.17, 15) is 9.59 Å². The van der Waals surface area contributed by atoms with Gasteiger partial charge in [0, 0.05) is 43.6 Å². The molecule has 0 amide bonds. The number of halogens is 1. The van der Waals surface area contributed by atoms with Gasteiger partial charge >= 0.3 is 0 Å². The molecule has 8 nitrogen and oxygen atoms in total. The summed E-state index contributed by atoms with van der Waals surface area (Å²) in [6.45, 7) is 1.98. The van der Waals surface area contributed by atoms with Gasteiger partial charge < -0.3 is 19.9 Å². The third-order valence-corrected chi connectivity index (χ3v) is 7.03. The molecule has 2 fully saturated rings. The molecule has 9 heteroatoms. The molecule has 4 heterocycles. The second-order valence-electron chi connectivity index (χ2n) is 9.32. The lowest BCUT2D eigenvalue weighted by Gasteiger charge is -2.26. The lowest BCUT2D eigenvalue weighted by Crippen LogP contribution is -2.41. The van der Waals surface area contributed by atoms with Crippen LogP contribution in [0, 0.1) is 0 Å². The topological polar surface area (TPSA) is 92.2 Å². The highest BCUT2D eigenvalue weighted by Crippen LogP contribution is 2.22. The Labute approximate surface area is 208 Å². The Morgan fingerprint density at radius 3 is 2.66 bits per heavy atom. The van der Waals surface area contributed by atoms with Crippen LogP contribution >= 0.6 is 11.6 Å². The van der Waals surface area contributed by atoms with Gasteiger partial charge in [-0.05, 0) is 49.6 Å². The van der Waals surface area contributed by atoms with Gasteiger partial charge in [0.15, 0.2) is 0 Å². The van der Waals surface area contributed by atoms with Gasteiger partial charge in [-0.3, -0.25) is 19.1 Å². The standard InChI is InChI=1S/C26H30ClN5O3/c27-18-6-7-21(28-15-18)17-35-22-11-13-32(25(33)14-22)23-8-9-24(30-26(23)34)31-12-10-20(16-31)29-19-4-2-1-3-5-19/h6-9,11,13-15,19-20,29H,1-5,10,12,16-17H2,(H,30,34). The fourth-order valence-electron chi connectivity index (χ4n) is 4.95. The first-order chi connectivity index (χ1) is 17.0. The van der Waals surface area contributed by atoms with Crippen LogP contribution in [0.25, 0.3) is 5.69 Å². The van der Waals surface area contributed by atoms with Crippen molar-refractivity contribution in [2.45, 2.75) is 57.2 Å². The Kier molecular flexibility index (Phi) is 7.20. The molecule has 1 atom stereocenters. The van der Waals surface area contributed by atoms with Crippen LogP contribution in [0.1, 0.15) is 44.2 Å². The Morgan fingerprint density at radius 1 is 1.06 bits per heavy atom. The molecule has 0 aromatic carbocycles. The predicted octanol–water partition coefficient (Wildman–Crippen LogP) is 3.65. The number of pyridine rings is 3. The molecule has 2 aliphatic rings. The molecule has 0 spiro atoms. The summed E-state index contributed by atoms with van der Waals surface area (Å²) in [5.41, 5.74) is 0.333. The summed E-state index contributed by atoms with van der Waals surface area (Å²) in [4.78, 5) is 34.9. The minimum atomic E-state index is -0.345. The SMILES string of the molecule is O=c1[nH]c(N2CCC(NC3CCCCC3)C2)ccc1-n1ccc(OCc2ccc(Cl)cn2)cc1=O. The third kappa shape index (κ3) is 5.77. The summed E-state index contributed by atoms with van der Waals surface area (Å²) in [7, 11) is 0. The van der Waals surface area contributed by atoms with E-state index in [1.54, 1.807) is 36.7 Å². The van der Waals surface area contributed by atoms with Crippen LogP contribution in [0.3, 0.4) is 0 Å². The van der Waals surface area contributed by atoms with E-state index >= 15 is 0 Å². The van der Waals surface area contributed by atoms with Gasteiger partial charge in [0.2, 0.25) is 0 Å². The van der Waals surface area contributed by atoms with Crippen molar-refractivity contribution in [1.82, 2.24) is 19.9 Å². The largest absolute Gasteiger partial charge is 0.487 e. The normalized spacial score (nSPS) is 18.7. The van der Waals surface area contributed by atoms with E-state index in [1.807, 2.05) is 6.07 Å². The number of anilines is 1. The smallest absolute Gasteiger partial charge is 0.273 e. The molecule has 1 unspecified atom stereocenters. The maximum atomic E-state index is 12.9. The molecule has 1 saturated carbocycles. The van der Waals surface area contributed by atoms with E-state index in [0.717, 1.165) is 25.3 Å². The molecule has 1 aliphatic heterocycles. The summed E-state index contributed by atoms with van der Waals surface area (Å²) >= 11 is 5.85. The summed E-state index contributed by atoms with van der Waals surface area (Å²) in [6, 6.07) is 11.2. The first-order valence-electron chi connectivity index (χ1n) is 12.3. The van der Waals surface area contributed by atoms with Crippen molar-refractivity contribution >= 4 is 17.4 Å². The molecule has 5 rings (SSSR count). The van der Waals surface area contributed by atoms with Crippen molar-refractivity contribution in [2.75, 3.05) is 18.0 Å². The number of hydrogen-bond donors (Lipinski definition) is 2. The van der Waals surface area contributed by atoms with Crippen LogP contribution < -0.4 is 26.1 Å². The monoisotopic (exact) mass is 495 g/mol. The zero-order valence-corrected chi connectivity index (χ0v) is 20.3. The van der Waals surface area contributed by atoms with Gasteiger partial charge in [-0.25, -0.2) is 0 Å². The molecule has 1 saturated heterocycles. The molecule has 1 aliphatic carbocycles. The van der Waals surface area contributed by atoms with E-state index in [0.29, 0.717) is 28.5 Å². The Morgan fingerprint density at radius 2 is 1.91 bits per heavy atom. The van der Waals surface area contributed by atoms with E-state index in [2.05, 4.69) is 20.2 Å². The van der Waals surface area contributed by atoms with Crippen molar-refractivity contribution in [3.63, 3.8) is 0 Å². The molecule has 184 valence electrons. The van der Waals surface area contributed by atoms with Crippen LogP contribution in [0.2, 0.25) is 5.02 Å². The lowest BCUT2D eigenvalue weighted by molar-refractivity contribution is 0.300. The number of aromatic nitrogens is 3. The minimum absolute atomic E-state index is 0.211. The maximum Gasteiger partial charge on any atom is 0.273 e. The van der Waals surface area contributed by atoms with Crippen molar-refractivity contribution < 1.29 is 4.74 Å². The van der Waals surface area contributed by atoms with Gasteiger partial charge in [-0.1, -0.05) is 30.9 Å². The number of nitrogens with one attached hydrogen (secondary N) is 2. The Hall–Kier alpha value is -3.10. The average molecular weight is 496 g/mol. The Balaban J connectivity index is 1.23. The van der Waals surface area contributed by atoms with Gasteiger partial charge in [-0.2, -0.15) is 0 Å². The second-order valence-corrected chi connectivity index (χ2v) is 9.75.